The summed E-state index contributed by atoms with van der Waals surface area (Å²) < 4.78 is 27.8. The number of methoxy groups -OCH3 is 2. The lowest BCUT2D eigenvalue weighted by Crippen LogP contribution is -2.49. The molecule has 7 N–H and O–H groups in total. The molecule has 2 heterocycles. The Morgan fingerprint density at radius 3 is 1.00 bits per heavy atom. The van der Waals surface area contributed by atoms with E-state index in [9.17, 15) is 28.8 Å². The minimum atomic E-state index is -0.570. The van der Waals surface area contributed by atoms with Gasteiger partial charge in [0, 0.05) is 26.2 Å². The van der Waals surface area contributed by atoms with Gasteiger partial charge in [0.1, 0.15) is 26.4 Å². The van der Waals surface area contributed by atoms with Crippen molar-refractivity contribution in [3.8, 4) is 0 Å². The molecule has 0 radical (unpaired) electrons. The van der Waals surface area contributed by atoms with Crippen LogP contribution in [0.2, 0.25) is 0 Å². The summed E-state index contributed by atoms with van der Waals surface area (Å²) in [4.78, 5) is 74.3. The van der Waals surface area contributed by atoms with Gasteiger partial charge in [-0.2, -0.15) is 0 Å². The van der Waals surface area contributed by atoms with E-state index in [1.807, 2.05) is 0 Å². The first-order valence-electron chi connectivity index (χ1n) is 19.8. The quantitative estimate of drug-likeness (QED) is 0.0794. The van der Waals surface area contributed by atoms with Gasteiger partial charge in [0.25, 0.3) is 0 Å². The lowest BCUT2D eigenvalue weighted by Gasteiger charge is -2.33. The van der Waals surface area contributed by atoms with E-state index in [0.717, 1.165) is 19.0 Å². The van der Waals surface area contributed by atoms with E-state index in [-0.39, 0.29) is 88.3 Å². The van der Waals surface area contributed by atoms with Crippen LogP contribution in [0.25, 0.3) is 0 Å². The number of carbonyl (C=O) groups excluding carboxylic acids is 6. The normalized spacial score (nSPS) is 11.9. The highest BCUT2D eigenvalue weighted by Crippen LogP contribution is 2.10. The molecule has 2 aliphatic rings. The van der Waals surface area contributed by atoms with Gasteiger partial charge in [-0.25, -0.2) is 28.8 Å². The fourth-order valence-corrected chi connectivity index (χ4v) is 4.86. The lowest BCUT2D eigenvalue weighted by molar-refractivity contribution is 0.0422. The number of hydrogen-bond donors (Lipinski definition) is 7. The highest BCUT2D eigenvalue weighted by Gasteiger charge is 2.17. The second-order valence-electron chi connectivity index (χ2n) is 12.4. The van der Waals surface area contributed by atoms with Crippen molar-refractivity contribution in [2.24, 2.45) is 4.99 Å². The van der Waals surface area contributed by atoms with Crippen LogP contribution in [-0.4, -0.2) is 184 Å². The van der Waals surface area contributed by atoms with Crippen LogP contribution >= 0.6 is 0 Å². The Morgan fingerprint density at radius 2 is 0.750 bits per heavy atom. The van der Waals surface area contributed by atoms with E-state index < -0.39 is 35.8 Å². The molecular weight excluding hydrogens is 846 g/mol. The molecule has 3 aromatic rings. The van der Waals surface area contributed by atoms with Gasteiger partial charge in [-0.15, -0.1) is 0 Å². The van der Waals surface area contributed by atoms with E-state index in [1.54, 1.807) is 0 Å². The SMILES string of the molecule is C1CN=C2NCCCN2C1.COC(=O)c1ccc(C(=O)OC)cc1.O=C(OCCO)c1ccc(C(=O)OCCO)cc1.O=C(OCCO)c1ccc(C(=O)OCCO)cc1.OCCO. The molecule has 21 heteroatoms. The molecule has 0 aliphatic carbocycles. The third kappa shape index (κ3) is 22.0. The van der Waals surface area contributed by atoms with Gasteiger partial charge in [-0.1, -0.05) is 0 Å². The topological polar surface area (TPSA) is 307 Å². The van der Waals surface area contributed by atoms with Gasteiger partial charge in [0.05, 0.1) is 87.2 Å². The molecule has 3 aromatic carbocycles. The number of esters is 6. The zero-order valence-corrected chi connectivity index (χ0v) is 35.7. The average Bonchev–Trinajstić information content (AvgIpc) is 3.36. The van der Waals surface area contributed by atoms with Gasteiger partial charge in [-0.3, -0.25) is 4.99 Å². The van der Waals surface area contributed by atoms with Crippen molar-refractivity contribution >= 4 is 41.8 Å². The zero-order chi connectivity index (χ0) is 47.5. The molecule has 5 rings (SSSR count). The number of fused-ring (bicyclic) bond motifs is 1. The fraction of sp³-hybridized carbons (Fsp3) is 0.419. The number of hydrogen-bond acceptors (Lipinski definition) is 21. The van der Waals surface area contributed by atoms with Crippen LogP contribution in [0.1, 0.15) is 75.0 Å². The van der Waals surface area contributed by atoms with Crippen molar-refractivity contribution < 1.29 is 87.8 Å². The Bertz CT molecular complexity index is 1660. The number of aliphatic hydroxyl groups is 6. The Morgan fingerprint density at radius 1 is 0.469 bits per heavy atom. The number of benzene rings is 3. The van der Waals surface area contributed by atoms with Gasteiger partial charge in [0.2, 0.25) is 0 Å². The number of aliphatic hydroxyl groups excluding tert-OH is 6. The number of aliphatic imine (C=N–C) groups is 1. The van der Waals surface area contributed by atoms with E-state index in [1.165, 1.54) is 113 Å². The van der Waals surface area contributed by atoms with Gasteiger partial charge in [-0.05, 0) is 85.6 Å². The molecule has 2 aliphatic heterocycles. The fourth-order valence-electron chi connectivity index (χ4n) is 4.86. The monoisotopic (exact) mass is 903 g/mol. The van der Waals surface area contributed by atoms with Gasteiger partial charge < -0.3 is 69.3 Å². The summed E-state index contributed by atoms with van der Waals surface area (Å²) in [5, 5.41) is 52.6. The zero-order valence-electron chi connectivity index (χ0n) is 35.7. The summed E-state index contributed by atoms with van der Waals surface area (Å²) in [7, 11) is 2.60. The number of carbonyl (C=O) groups is 6. The number of nitrogens with one attached hydrogen (secondary N) is 1. The van der Waals surface area contributed by atoms with Crippen molar-refractivity contribution in [2.45, 2.75) is 12.8 Å². The molecule has 0 atom stereocenters. The first kappa shape index (κ1) is 55.5. The van der Waals surface area contributed by atoms with E-state index in [0.29, 0.717) is 11.1 Å². The molecule has 1 fully saturated rings. The maximum Gasteiger partial charge on any atom is 0.338 e. The predicted octanol–water partition coefficient (Wildman–Crippen LogP) is 0.242. The minimum absolute atomic E-state index is 0.0703. The van der Waals surface area contributed by atoms with Crippen molar-refractivity contribution in [3.05, 3.63) is 106 Å². The van der Waals surface area contributed by atoms with Crippen LogP contribution in [-0.2, 0) is 28.4 Å². The maximum absolute atomic E-state index is 11.4. The van der Waals surface area contributed by atoms with Crippen LogP contribution in [0.15, 0.2) is 77.8 Å². The molecular formula is C43H57N3O18. The second-order valence-corrected chi connectivity index (χ2v) is 12.4. The molecule has 0 unspecified atom stereocenters. The Hall–Kier alpha value is -6.49. The Balaban J connectivity index is 0.000000421. The van der Waals surface area contributed by atoms with Crippen molar-refractivity contribution in [3.63, 3.8) is 0 Å². The molecule has 21 nitrogen and oxygen atoms in total. The molecule has 0 spiro atoms. The third-order valence-electron chi connectivity index (χ3n) is 7.87. The first-order valence-corrected chi connectivity index (χ1v) is 19.8. The summed E-state index contributed by atoms with van der Waals surface area (Å²) in [5.74, 6) is -2.00. The lowest BCUT2D eigenvalue weighted by atomic mass is 10.1. The summed E-state index contributed by atoms with van der Waals surface area (Å²) in [6.45, 7) is 3.03. The summed E-state index contributed by atoms with van der Waals surface area (Å²) in [6.07, 6.45) is 2.49. The van der Waals surface area contributed by atoms with Crippen LogP contribution in [0, 0.1) is 0 Å². The molecule has 64 heavy (non-hydrogen) atoms. The number of rotatable bonds is 15. The number of ether oxygens (including phenoxy) is 6. The van der Waals surface area contributed by atoms with Crippen molar-refractivity contribution in [1.29, 1.82) is 0 Å². The molecule has 1 saturated heterocycles. The molecule has 0 saturated carbocycles. The summed E-state index contributed by atoms with van der Waals surface area (Å²) >= 11 is 0. The van der Waals surface area contributed by atoms with Crippen LogP contribution in [0.3, 0.4) is 0 Å². The van der Waals surface area contributed by atoms with Gasteiger partial charge in [0.15, 0.2) is 5.96 Å². The summed E-state index contributed by atoms with van der Waals surface area (Å²) in [6, 6.07) is 17.5. The third-order valence-corrected chi connectivity index (χ3v) is 7.87. The first-order chi connectivity index (χ1) is 30.9. The number of guanidine groups is 1. The van der Waals surface area contributed by atoms with Gasteiger partial charge >= 0.3 is 35.8 Å². The standard InChI is InChI=1S/2C12H14O6.C10H10O4.C7H13N3.C2H6O2/c2*13-5-7-17-11(15)9-1-2-10(4-3-9)12(16)18-8-6-14;1-13-9(11)7-3-5-8(6-4-7)10(12)14-2;1-3-8-7-9-4-2-6-10(7)5-1;3-1-2-4/h2*1-4,13-14H,5-8H2;3-6H,1-2H3;1-6H2,(H,8,9);3-4H,1-2H2. The van der Waals surface area contributed by atoms with Crippen LogP contribution in [0.5, 0.6) is 0 Å². The minimum Gasteiger partial charge on any atom is -0.465 e. The second kappa shape index (κ2) is 34.1. The largest absolute Gasteiger partial charge is 0.465 e. The van der Waals surface area contributed by atoms with Crippen LogP contribution in [0.4, 0.5) is 0 Å². The Kier molecular flexibility index (Phi) is 29.5. The molecule has 0 bridgehead atoms. The number of nitrogens with zero attached hydrogens (tertiary/aromatic N) is 2. The van der Waals surface area contributed by atoms with E-state index >= 15 is 0 Å². The smallest absolute Gasteiger partial charge is 0.338 e. The predicted molar refractivity (Wildman–Crippen MR) is 227 cm³/mol. The van der Waals surface area contributed by atoms with Crippen LogP contribution < -0.4 is 5.32 Å². The maximum atomic E-state index is 11.4. The van der Waals surface area contributed by atoms with Crippen molar-refractivity contribution in [2.75, 3.05) is 106 Å². The highest BCUT2D eigenvalue weighted by atomic mass is 16.6. The Labute approximate surface area is 369 Å². The average molecular weight is 904 g/mol. The molecule has 352 valence electrons. The highest BCUT2D eigenvalue weighted by molar-refractivity contribution is 5.95. The van der Waals surface area contributed by atoms with E-state index in [4.69, 9.17) is 49.6 Å². The van der Waals surface area contributed by atoms with Crippen molar-refractivity contribution in [1.82, 2.24) is 10.2 Å². The van der Waals surface area contributed by atoms with E-state index in [2.05, 4.69) is 24.7 Å². The molecule has 0 aromatic heterocycles. The summed E-state index contributed by atoms with van der Waals surface area (Å²) in [5.41, 5.74) is 1.92. The molecule has 0 amide bonds.